The minimum Gasteiger partial charge on any atom is -0.875 e. The Morgan fingerprint density at radius 1 is 0.843 bits per heavy atom. The van der Waals surface area contributed by atoms with E-state index in [9.17, 15) is 35.1 Å². The molecule has 0 aromatic rings. The quantitative estimate of drug-likeness (QED) is 0.0607. The second-order valence-electron chi connectivity index (χ2n) is 17.1. The molecule has 2 aliphatic heterocycles. The molecule has 2 fully saturated rings. The van der Waals surface area contributed by atoms with E-state index in [0.29, 0.717) is 25.7 Å². The smallest absolute Gasteiger partial charge is 0.875 e. The molecular weight excluding hydrogens is 677 g/mol. The summed E-state index contributed by atoms with van der Waals surface area (Å²) >= 11 is 0. The van der Waals surface area contributed by atoms with Crippen LogP contribution in [-0.2, 0) is 19.1 Å². The van der Waals surface area contributed by atoms with Gasteiger partial charge in [0.2, 0.25) is 0 Å². The monoisotopic (exact) mass is 746 g/mol. The van der Waals surface area contributed by atoms with E-state index in [4.69, 9.17) is 9.47 Å². The van der Waals surface area contributed by atoms with Crippen molar-refractivity contribution in [3.63, 3.8) is 0 Å². The minimum atomic E-state index is -1.04. The predicted molar refractivity (Wildman–Crippen MR) is 198 cm³/mol. The van der Waals surface area contributed by atoms with Gasteiger partial charge in [0, 0.05) is 23.7 Å². The first kappa shape index (κ1) is 48.5. The summed E-state index contributed by atoms with van der Waals surface area (Å²) in [5.74, 6) is -1.73. The van der Waals surface area contributed by atoms with Crippen molar-refractivity contribution >= 4 is 49.5 Å². The van der Waals surface area contributed by atoms with Crippen molar-refractivity contribution in [1.82, 2.24) is 0 Å². The van der Waals surface area contributed by atoms with Crippen molar-refractivity contribution in [2.24, 2.45) is 41.4 Å². The Morgan fingerprint density at radius 2 is 1.47 bits per heavy atom. The van der Waals surface area contributed by atoms with Crippen LogP contribution in [0.25, 0.3) is 0 Å². The number of ketones is 1. The maximum atomic E-state index is 12.9. The van der Waals surface area contributed by atoms with E-state index in [1.165, 1.54) is 6.08 Å². The Bertz CT molecular complexity index is 1130. The standard InChI is InChI=1S/C41H72O9.Ca/c1-25(21-29(5)34(43)24-35(44)30(6)22-27(3)20-26(2)14-15-38(46)47)12-11-13-28(4)39(48)31(7)36(45)23-33-16-18-41(10,49-33)37-17-19-40(9,50-37)32(8)42;/h11,13,24-33,36-37,39,42-43,45,48H,12,14-23H2,1-10H3,(H,46,47);/q;+2/p-2/b13-11+,34-24+;/t25-,26?,27+,28-,29-,30+,31+,32-,33+,36+,37-,39-,40+,41+;/m1./s1. The molecule has 0 saturated carbocycles. The first-order valence-corrected chi connectivity index (χ1v) is 19.4. The molecule has 51 heavy (non-hydrogen) atoms. The molecule has 1 unspecified atom stereocenters. The summed E-state index contributed by atoms with van der Waals surface area (Å²) in [6.07, 6.45) is 10.2. The van der Waals surface area contributed by atoms with E-state index in [1.807, 2.05) is 53.7 Å². The summed E-state index contributed by atoms with van der Waals surface area (Å²) in [4.78, 5) is 23.5. The number of rotatable bonds is 22. The van der Waals surface area contributed by atoms with Crippen molar-refractivity contribution in [2.75, 3.05) is 0 Å². The van der Waals surface area contributed by atoms with Crippen molar-refractivity contribution in [1.29, 1.82) is 0 Å². The second-order valence-corrected chi connectivity index (χ2v) is 17.1. The molecule has 0 amide bonds. The average Bonchev–Trinajstić information content (AvgIpc) is 3.63. The number of ether oxygens (including phenoxy) is 2. The number of aliphatic hydroxyl groups excluding tert-OH is 3. The second kappa shape index (κ2) is 22.1. The fourth-order valence-corrected chi connectivity index (χ4v) is 8.00. The number of hydrogen-bond acceptors (Lipinski definition) is 9. The van der Waals surface area contributed by atoms with Gasteiger partial charge in [0.25, 0.3) is 0 Å². The van der Waals surface area contributed by atoms with Crippen LogP contribution < -0.4 is 10.2 Å². The van der Waals surface area contributed by atoms with Gasteiger partial charge in [-0.1, -0.05) is 60.6 Å². The largest absolute Gasteiger partial charge is 2.00 e. The zero-order chi connectivity index (χ0) is 38.0. The predicted octanol–water partition coefficient (Wildman–Crippen LogP) is 4.89. The van der Waals surface area contributed by atoms with Gasteiger partial charge in [-0.15, -0.1) is 5.76 Å². The minimum absolute atomic E-state index is 0. The van der Waals surface area contributed by atoms with Gasteiger partial charge in [-0.3, -0.25) is 4.79 Å². The Hall–Kier alpha value is -0.520. The zero-order valence-corrected chi connectivity index (χ0v) is 35.6. The zero-order valence-electron chi connectivity index (χ0n) is 33.4. The van der Waals surface area contributed by atoms with Gasteiger partial charge in [-0.2, -0.15) is 0 Å². The summed E-state index contributed by atoms with van der Waals surface area (Å²) < 4.78 is 12.7. The molecule has 2 heterocycles. The SMILES string of the molecule is CC(CCC(=O)[O-])C[C@H](C)C[C@H](C)C(=O)/C=C(/[O-])[C@H](C)C[C@H](C)C/C=C/[C@@H](C)[C@@H](O)[C@@H](C)[C@@H](O)C[C@@H]1CC[C@@](C)([C@H]2CC[C@@](C)([C@@H](C)O)O2)O1.[Ca+2]. The van der Waals surface area contributed by atoms with Crippen LogP contribution in [0.1, 0.15) is 140 Å². The maximum absolute atomic E-state index is 12.9. The van der Waals surface area contributed by atoms with Gasteiger partial charge in [0.15, 0.2) is 5.78 Å². The van der Waals surface area contributed by atoms with Crippen molar-refractivity contribution < 1.29 is 44.6 Å². The fourth-order valence-electron chi connectivity index (χ4n) is 8.00. The molecule has 2 rings (SSSR count). The average molecular weight is 747 g/mol. The molecule has 0 spiro atoms. The number of carbonyl (C=O) groups is 2. The van der Waals surface area contributed by atoms with Crippen molar-refractivity contribution in [2.45, 2.75) is 182 Å². The molecule has 2 saturated heterocycles. The van der Waals surface area contributed by atoms with Crippen molar-refractivity contribution in [3.8, 4) is 0 Å². The van der Waals surface area contributed by atoms with Gasteiger partial charge in [0.05, 0.1) is 41.7 Å². The summed E-state index contributed by atoms with van der Waals surface area (Å²) in [5, 5.41) is 55.9. The molecule has 10 heteroatoms. The van der Waals surface area contributed by atoms with E-state index >= 15 is 0 Å². The first-order valence-electron chi connectivity index (χ1n) is 19.4. The van der Waals surface area contributed by atoms with Gasteiger partial charge in [-0.05, 0) is 121 Å². The third kappa shape index (κ3) is 15.6. The Labute approximate surface area is 339 Å². The molecule has 0 aromatic heterocycles. The normalized spacial score (nSPS) is 30.1. The third-order valence-electron chi connectivity index (χ3n) is 11.9. The first-order chi connectivity index (χ1) is 23.2. The molecule has 0 aromatic carbocycles. The molecule has 2 aliphatic rings. The summed E-state index contributed by atoms with van der Waals surface area (Å²) in [5.41, 5.74) is -1.02. The number of carboxylic acids is 1. The van der Waals surface area contributed by atoms with Crippen LogP contribution in [0.5, 0.6) is 0 Å². The summed E-state index contributed by atoms with van der Waals surface area (Å²) in [6.45, 7) is 19.4. The van der Waals surface area contributed by atoms with Gasteiger partial charge < -0.3 is 39.8 Å². The van der Waals surface area contributed by atoms with E-state index in [2.05, 4.69) is 20.8 Å². The number of aliphatic carboxylic acids is 1. The Balaban J connectivity index is 0.0000130. The van der Waals surface area contributed by atoms with E-state index in [0.717, 1.165) is 38.5 Å². The molecule has 290 valence electrons. The molecule has 9 nitrogen and oxygen atoms in total. The molecule has 3 N–H and O–H groups in total. The van der Waals surface area contributed by atoms with Crippen LogP contribution in [0, 0.1) is 41.4 Å². The number of aliphatic hydroxyl groups is 3. The number of hydrogen-bond donors (Lipinski definition) is 3. The van der Waals surface area contributed by atoms with Crippen LogP contribution in [-0.4, -0.2) is 107 Å². The molecule has 0 bridgehead atoms. The Kier molecular flexibility index (Phi) is 21.1. The molecule has 0 aliphatic carbocycles. The van der Waals surface area contributed by atoms with Gasteiger partial charge in [0.1, 0.15) is 0 Å². The fraction of sp³-hybridized carbons (Fsp3) is 0.854. The van der Waals surface area contributed by atoms with Crippen LogP contribution in [0.2, 0.25) is 0 Å². The maximum Gasteiger partial charge on any atom is 2.00 e. The van der Waals surface area contributed by atoms with Crippen LogP contribution in [0.3, 0.4) is 0 Å². The summed E-state index contributed by atoms with van der Waals surface area (Å²) in [7, 11) is 0. The summed E-state index contributed by atoms with van der Waals surface area (Å²) in [6, 6.07) is 0. The van der Waals surface area contributed by atoms with E-state index in [-0.39, 0.29) is 109 Å². The topological polar surface area (TPSA) is 159 Å². The number of carbonyl (C=O) groups excluding carboxylic acids is 2. The van der Waals surface area contributed by atoms with E-state index < -0.39 is 35.5 Å². The van der Waals surface area contributed by atoms with Gasteiger partial charge in [-0.25, -0.2) is 0 Å². The van der Waals surface area contributed by atoms with Crippen LogP contribution >= 0.6 is 0 Å². The van der Waals surface area contributed by atoms with Gasteiger partial charge >= 0.3 is 37.7 Å². The third-order valence-corrected chi connectivity index (χ3v) is 11.9. The van der Waals surface area contributed by atoms with Crippen molar-refractivity contribution in [3.05, 3.63) is 24.0 Å². The number of carboxylic acid groups (broad SMARTS) is 1. The van der Waals surface area contributed by atoms with Crippen LogP contribution in [0.15, 0.2) is 24.0 Å². The van der Waals surface area contributed by atoms with E-state index in [1.54, 1.807) is 6.92 Å². The molecule has 14 atom stereocenters. The number of allylic oxidation sites excluding steroid dienone is 3. The molecule has 0 radical (unpaired) electrons. The van der Waals surface area contributed by atoms with Crippen LogP contribution in [0.4, 0.5) is 0 Å². The Morgan fingerprint density at radius 3 is 2.06 bits per heavy atom. The molecular formula is C41H70CaO9.